The predicted molar refractivity (Wildman–Crippen MR) is 98.0 cm³/mol. The molecule has 6 nitrogen and oxygen atoms in total. The third kappa shape index (κ3) is 3.00. The third-order valence-electron chi connectivity index (χ3n) is 4.48. The zero-order valence-corrected chi connectivity index (χ0v) is 14.4. The Morgan fingerprint density at radius 1 is 1.12 bits per heavy atom. The molecule has 0 radical (unpaired) electrons. The standard InChI is InChI=1S/C18H18ClN5O/c1-25-14-8-4-12(5-9-14)16-10-15(11-2-6-13(19)7-3-11)21-18-22-17(20)23-24(16)18/h2-9,15-16H,10H2,1H3,(H3,20,21,22,23)/t15-,16+/m1/s1. The fourth-order valence-electron chi connectivity index (χ4n) is 3.21. The van der Waals surface area contributed by atoms with Gasteiger partial charge in [-0.1, -0.05) is 35.9 Å². The number of ether oxygens (including phenoxy) is 1. The van der Waals surface area contributed by atoms with Gasteiger partial charge in [0, 0.05) is 5.02 Å². The van der Waals surface area contributed by atoms with Gasteiger partial charge in [0.15, 0.2) is 0 Å². The second kappa shape index (κ2) is 6.29. The predicted octanol–water partition coefficient (Wildman–Crippen LogP) is 3.67. The average molecular weight is 356 g/mol. The van der Waals surface area contributed by atoms with Crippen molar-refractivity contribution < 1.29 is 4.74 Å². The van der Waals surface area contributed by atoms with Crippen molar-refractivity contribution in [3.05, 3.63) is 64.7 Å². The summed E-state index contributed by atoms with van der Waals surface area (Å²) in [6.07, 6.45) is 0.823. The normalized spacial score (nSPS) is 19.1. The van der Waals surface area contributed by atoms with E-state index in [1.54, 1.807) is 7.11 Å². The van der Waals surface area contributed by atoms with Gasteiger partial charge in [0.1, 0.15) is 5.75 Å². The summed E-state index contributed by atoms with van der Waals surface area (Å²) in [5.41, 5.74) is 8.11. The summed E-state index contributed by atoms with van der Waals surface area (Å²) in [6, 6.07) is 16.0. The number of nitrogens with two attached hydrogens (primary N) is 1. The number of hydrogen-bond acceptors (Lipinski definition) is 5. The van der Waals surface area contributed by atoms with Gasteiger partial charge in [-0.25, -0.2) is 4.68 Å². The number of hydrogen-bond donors (Lipinski definition) is 2. The molecular weight excluding hydrogens is 338 g/mol. The highest BCUT2D eigenvalue weighted by molar-refractivity contribution is 6.30. The van der Waals surface area contributed by atoms with E-state index in [1.807, 2.05) is 41.1 Å². The number of nitrogen functional groups attached to an aromatic ring is 1. The van der Waals surface area contributed by atoms with Crippen LogP contribution in [0.1, 0.15) is 29.6 Å². The summed E-state index contributed by atoms with van der Waals surface area (Å²) >= 11 is 6.01. The lowest BCUT2D eigenvalue weighted by Gasteiger charge is -2.31. The lowest BCUT2D eigenvalue weighted by atomic mass is 9.93. The average Bonchev–Trinajstić information content (AvgIpc) is 3.01. The maximum absolute atomic E-state index is 6.01. The molecule has 0 saturated heterocycles. The summed E-state index contributed by atoms with van der Waals surface area (Å²) in [7, 11) is 1.66. The number of anilines is 2. The van der Waals surface area contributed by atoms with Crippen molar-refractivity contribution in [1.82, 2.24) is 14.8 Å². The van der Waals surface area contributed by atoms with Gasteiger partial charge < -0.3 is 15.8 Å². The fourth-order valence-corrected chi connectivity index (χ4v) is 3.34. The van der Waals surface area contributed by atoms with Crippen LogP contribution in [0.4, 0.5) is 11.9 Å². The Hall–Kier alpha value is -2.73. The Labute approximate surface area is 150 Å². The molecule has 7 heteroatoms. The van der Waals surface area contributed by atoms with E-state index in [1.165, 1.54) is 0 Å². The van der Waals surface area contributed by atoms with Gasteiger partial charge in [0.25, 0.3) is 0 Å². The number of aromatic nitrogens is 3. The first-order chi connectivity index (χ1) is 12.1. The van der Waals surface area contributed by atoms with Crippen molar-refractivity contribution in [2.45, 2.75) is 18.5 Å². The second-order valence-corrected chi connectivity index (χ2v) is 6.45. The minimum atomic E-state index is 0.0348. The molecule has 2 atom stereocenters. The number of nitrogens with one attached hydrogen (secondary N) is 1. The Kier molecular flexibility index (Phi) is 3.97. The Balaban J connectivity index is 1.72. The first kappa shape index (κ1) is 15.8. The number of rotatable bonds is 3. The van der Waals surface area contributed by atoms with E-state index in [-0.39, 0.29) is 18.0 Å². The molecule has 3 N–H and O–H groups in total. The molecule has 3 aromatic rings. The van der Waals surface area contributed by atoms with Crippen molar-refractivity contribution in [2.75, 3.05) is 18.2 Å². The minimum Gasteiger partial charge on any atom is -0.497 e. The van der Waals surface area contributed by atoms with Crippen molar-refractivity contribution in [3.8, 4) is 5.75 Å². The highest BCUT2D eigenvalue weighted by atomic mass is 35.5. The summed E-state index contributed by atoms with van der Waals surface area (Å²) in [5, 5.41) is 8.50. The van der Waals surface area contributed by atoms with Gasteiger partial charge in [0.05, 0.1) is 19.2 Å². The van der Waals surface area contributed by atoms with Crippen LogP contribution in [0.25, 0.3) is 0 Å². The van der Waals surface area contributed by atoms with E-state index in [9.17, 15) is 0 Å². The van der Waals surface area contributed by atoms with Crippen LogP contribution in [-0.2, 0) is 0 Å². The van der Waals surface area contributed by atoms with Crippen LogP contribution < -0.4 is 15.8 Å². The minimum absolute atomic E-state index is 0.0348. The number of methoxy groups -OCH3 is 1. The fraction of sp³-hybridized carbons (Fsp3) is 0.222. The monoisotopic (exact) mass is 355 g/mol. The first-order valence-electron chi connectivity index (χ1n) is 8.02. The molecule has 0 fully saturated rings. The van der Waals surface area contributed by atoms with Gasteiger partial charge in [-0.15, -0.1) is 5.10 Å². The summed E-state index contributed by atoms with van der Waals surface area (Å²) in [6.45, 7) is 0. The molecule has 2 heterocycles. The van der Waals surface area contributed by atoms with Crippen molar-refractivity contribution >= 4 is 23.5 Å². The molecule has 25 heavy (non-hydrogen) atoms. The molecule has 0 saturated carbocycles. The summed E-state index contributed by atoms with van der Waals surface area (Å²) < 4.78 is 7.10. The third-order valence-corrected chi connectivity index (χ3v) is 4.73. The molecule has 0 aliphatic carbocycles. The Morgan fingerprint density at radius 3 is 2.48 bits per heavy atom. The topological polar surface area (TPSA) is 78.0 Å². The maximum Gasteiger partial charge on any atom is 0.241 e. The lowest BCUT2D eigenvalue weighted by molar-refractivity contribution is 0.411. The van der Waals surface area contributed by atoms with Crippen LogP contribution in [-0.4, -0.2) is 21.9 Å². The lowest BCUT2D eigenvalue weighted by Crippen LogP contribution is -2.28. The SMILES string of the molecule is COc1ccc([C@@H]2C[C@H](c3ccc(Cl)cc3)Nc3nc(N)nn32)cc1. The summed E-state index contributed by atoms with van der Waals surface area (Å²) in [5.74, 6) is 1.76. The van der Waals surface area contributed by atoms with Gasteiger partial charge in [-0.3, -0.25) is 0 Å². The second-order valence-electron chi connectivity index (χ2n) is 6.01. The maximum atomic E-state index is 6.01. The quantitative estimate of drug-likeness (QED) is 0.749. The molecule has 0 bridgehead atoms. The highest BCUT2D eigenvalue weighted by Crippen LogP contribution is 2.38. The van der Waals surface area contributed by atoms with E-state index < -0.39 is 0 Å². The van der Waals surface area contributed by atoms with Crippen LogP contribution >= 0.6 is 11.6 Å². The van der Waals surface area contributed by atoms with Gasteiger partial charge in [0.2, 0.25) is 11.9 Å². The zero-order chi connectivity index (χ0) is 17.4. The number of halogens is 1. The molecule has 0 unspecified atom stereocenters. The Bertz CT molecular complexity index is 875. The largest absolute Gasteiger partial charge is 0.497 e. The van der Waals surface area contributed by atoms with E-state index in [4.69, 9.17) is 22.1 Å². The number of nitrogens with zero attached hydrogens (tertiary/aromatic N) is 3. The molecular formula is C18H18ClN5O. The smallest absolute Gasteiger partial charge is 0.241 e. The highest BCUT2D eigenvalue weighted by Gasteiger charge is 2.30. The van der Waals surface area contributed by atoms with Crippen molar-refractivity contribution in [3.63, 3.8) is 0 Å². The molecule has 128 valence electrons. The van der Waals surface area contributed by atoms with Gasteiger partial charge in [-0.2, -0.15) is 4.98 Å². The number of fused-ring (bicyclic) bond motifs is 1. The van der Waals surface area contributed by atoms with Crippen LogP contribution in [0.3, 0.4) is 0 Å². The molecule has 4 rings (SSSR count). The number of benzene rings is 2. The molecule has 0 spiro atoms. The first-order valence-corrected chi connectivity index (χ1v) is 8.40. The zero-order valence-electron chi connectivity index (χ0n) is 13.7. The van der Waals surface area contributed by atoms with Crippen molar-refractivity contribution in [1.29, 1.82) is 0 Å². The summed E-state index contributed by atoms with van der Waals surface area (Å²) in [4.78, 5) is 4.32. The molecule has 2 aromatic carbocycles. The van der Waals surface area contributed by atoms with Crippen LogP contribution in [0.5, 0.6) is 5.75 Å². The van der Waals surface area contributed by atoms with Crippen molar-refractivity contribution in [2.24, 2.45) is 0 Å². The van der Waals surface area contributed by atoms with E-state index in [0.29, 0.717) is 5.95 Å². The molecule has 0 amide bonds. The van der Waals surface area contributed by atoms with E-state index in [2.05, 4.69) is 27.5 Å². The molecule has 1 aliphatic heterocycles. The van der Waals surface area contributed by atoms with Gasteiger partial charge >= 0.3 is 0 Å². The van der Waals surface area contributed by atoms with Crippen LogP contribution in [0.2, 0.25) is 5.02 Å². The van der Waals surface area contributed by atoms with Crippen LogP contribution in [0, 0.1) is 0 Å². The van der Waals surface area contributed by atoms with E-state index >= 15 is 0 Å². The van der Waals surface area contributed by atoms with Gasteiger partial charge in [-0.05, 0) is 41.8 Å². The van der Waals surface area contributed by atoms with E-state index in [0.717, 1.165) is 28.3 Å². The molecule has 1 aliphatic rings. The van der Waals surface area contributed by atoms with Crippen LogP contribution in [0.15, 0.2) is 48.5 Å². The Morgan fingerprint density at radius 2 is 1.80 bits per heavy atom. The molecule has 1 aromatic heterocycles.